The van der Waals surface area contributed by atoms with E-state index in [0.717, 1.165) is 45.0 Å². The zero-order valence-electron chi connectivity index (χ0n) is 16.2. The average Bonchev–Trinajstić information content (AvgIpc) is 2.96. The molecule has 1 unspecified atom stereocenters. The Morgan fingerprint density at radius 2 is 2.00 bits per heavy atom. The van der Waals surface area contributed by atoms with Crippen LogP contribution >= 0.6 is 0 Å². The first kappa shape index (κ1) is 18.5. The normalized spacial score (nSPS) is 30.0. The number of hydrogen-bond donors (Lipinski definition) is 2. The van der Waals surface area contributed by atoms with Gasteiger partial charge in [0.05, 0.1) is 0 Å². The van der Waals surface area contributed by atoms with Crippen molar-refractivity contribution in [2.45, 2.75) is 56.9 Å². The van der Waals surface area contributed by atoms with Crippen molar-refractivity contribution in [3.63, 3.8) is 0 Å². The number of likely N-dealkylation sites (N-methyl/N-ethyl adjacent to an activating group) is 1. The molecule has 1 saturated carbocycles. The first-order chi connectivity index (χ1) is 12.0. The van der Waals surface area contributed by atoms with Crippen molar-refractivity contribution in [3.8, 4) is 0 Å². The number of likely N-dealkylation sites (tertiary alicyclic amines) is 1. The van der Waals surface area contributed by atoms with E-state index in [1.54, 1.807) is 0 Å². The summed E-state index contributed by atoms with van der Waals surface area (Å²) in [5.41, 5.74) is 0.351. The number of guanidine groups is 1. The molecule has 0 aromatic rings. The third-order valence-corrected chi connectivity index (χ3v) is 6.68. The second-order valence-corrected chi connectivity index (χ2v) is 8.56. The number of rotatable bonds is 3. The van der Waals surface area contributed by atoms with Gasteiger partial charge in [-0.1, -0.05) is 19.3 Å². The fraction of sp³-hybridized carbons (Fsp3) is 0.895. The van der Waals surface area contributed by atoms with Gasteiger partial charge in [-0.3, -0.25) is 9.79 Å². The lowest BCUT2D eigenvalue weighted by Crippen LogP contribution is -2.57. The van der Waals surface area contributed by atoms with E-state index >= 15 is 0 Å². The second kappa shape index (κ2) is 7.52. The summed E-state index contributed by atoms with van der Waals surface area (Å²) in [5, 5.41) is 6.71. The summed E-state index contributed by atoms with van der Waals surface area (Å²) in [6.45, 7) is 3.74. The van der Waals surface area contributed by atoms with Gasteiger partial charge in [-0.15, -0.1) is 0 Å². The number of amides is 1. The summed E-state index contributed by atoms with van der Waals surface area (Å²) < 4.78 is 0. The van der Waals surface area contributed by atoms with Crippen LogP contribution in [0.3, 0.4) is 0 Å². The summed E-state index contributed by atoms with van der Waals surface area (Å²) in [5.74, 6) is 1.21. The minimum absolute atomic E-state index is 0.108. The highest BCUT2D eigenvalue weighted by atomic mass is 16.1. The molecule has 3 rings (SSSR count). The molecule has 2 heterocycles. The largest absolute Gasteiger partial charge is 0.355 e. The van der Waals surface area contributed by atoms with E-state index in [-0.39, 0.29) is 16.9 Å². The monoisotopic (exact) mass is 349 g/mol. The SMILES string of the molecule is CN=C(NCC1(N(C)C)CCCCC1)N1CCCC2(CNC(=O)C2)C1. The molecule has 1 spiro atoms. The Kier molecular flexibility index (Phi) is 5.56. The van der Waals surface area contributed by atoms with Crippen LogP contribution in [0.25, 0.3) is 0 Å². The van der Waals surface area contributed by atoms with Crippen LogP contribution in [0.15, 0.2) is 4.99 Å². The molecule has 1 amide bonds. The van der Waals surface area contributed by atoms with Crippen LogP contribution in [0, 0.1) is 5.41 Å². The van der Waals surface area contributed by atoms with Crippen molar-refractivity contribution < 1.29 is 4.79 Å². The molecule has 2 N–H and O–H groups in total. The van der Waals surface area contributed by atoms with E-state index in [2.05, 4.69) is 39.5 Å². The highest BCUT2D eigenvalue weighted by Gasteiger charge is 2.42. The molecular formula is C19H35N5O. The van der Waals surface area contributed by atoms with E-state index in [0.29, 0.717) is 6.42 Å². The lowest BCUT2D eigenvalue weighted by Gasteiger charge is -2.45. The molecule has 2 saturated heterocycles. The number of carbonyl (C=O) groups is 1. The molecule has 6 heteroatoms. The first-order valence-electron chi connectivity index (χ1n) is 9.88. The van der Waals surface area contributed by atoms with Gasteiger partial charge >= 0.3 is 0 Å². The highest BCUT2D eigenvalue weighted by molar-refractivity contribution is 5.81. The minimum Gasteiger partial charge on any atom is -0.355 e. The Labute approximate surface area is 152 Å². The van der Waals surface area contributed by atoms with Crippen molar-refractivity contribution in [2.75, 3.05) is 47.3 Å². The molecule has 25 heavy (non-hydrogen) atoms. The second-order valence-electron chi connectivity index (χ2n) is 8.56. The van der Waals surface area contributed by atoms with Crippen molar-refractivity contribution in [1.29, 1.82) is 0 Å². The van der Waals surface area contributed by atoms with Gasteiger partial charge in [-0.25, -0.2) is 0 Å². The van der Waals surface area contributed by atoms with Crippen LogP contribution in [0.5, 0.6) is 0 Å². The van der Waals surface area contributed by atoms with Gasteiger partial charge in [0.25, 0.3) is 0 Å². The summed E-state index contributed by atoms with van der Waals surface area (Å²) >= 11 is 0. The number of aliphatic imine (C=N–C) groups is 1. The fourth-order valence-electron chi connectivity index (χ4n) is 5.00. The van der Waals surface area contributed by atoms with Crippen LogP contribution in [-0.2, 0) is 4.79 Å². The van der Waals surface area contributed by atoms with Gasteiger partial charge in [0.1, 0.15) is 0 Å². The molecule has 0 aromatic carbocycles. The lowest BCUT2D eigenvalue weighted by atomic mass is 9.79. The minimum atomic E-state index is 0.108. The van der Waals surface area contributed by atoms with Crippen molar-refractivity contribution in [2.24, 2.45) is 10.4 Å². The maximum atomic E-state index is 11.7. The highest BCUT2D eigenvalue weighted by Crippen LogP contribution is 2.36. The molecule has 0 radical (unpaired) electrons. The average molecular weight is 350 g/mol. The molecule has 1 atom stereocenters. The van der Waals surface area contributed by atoms with Crippen LogP contribution in [0.4, 0.5) is 0 Å². The molecule has 2 aliphatic heterocycles. The maximum Gasteiger partial charge on any atom is 0.220 e. The summed E-state index contributed by atoms with van der Waals surface area (Å²) in [6, 6.07) is 0. The van der Waals surface area contributed by atoms with E-state index < -0.39 is 0 Å². The van der Waals surface area contributed by atoms with Gasteiger partial charge in [-0.05, 0) is 39.8 Å². The Morgan fingerprint density at radius 1 is 1.24 bits per heavy atom. The number of nitrogens with zero attached hydrogens (tertiary/aromatic N) is 3. The number of nitrogens with one attached hydrogen (secondary N) is 2. The summed E-state index contributed by atoms with van der Waals surface area (Å²) in [7, 11) is 6.30. The quantitative estimate of drug-likeness (QED) is 0.598. The molecule has 1 aliphatic carbocycles. The topological polar surface area (TPSA) is 60.0 Å². The molecule has 142 valence electrons. The number of carbonyl (C=O) groups excluding carboxylic acids is 1. The summed E-state index contributed by atoms with van der Waals surface area (Å²) in [4.78, 5) is 21.1. The molecule has 0 bridgehead atoms. The molecule has 3 fully saturated rings. The van der Waals surface area contributed by atoms with E-state index in [4.69, 9.17) is 0 Å². The van der Waals surface area contributed by atoms with Gasteiger partial charge in [0, 0.05) is 50.6 Å². The van der Waals surface area contributed by atoms with Gasteiger partial charge in [0.2, 0.25) is 5.91 Å². The van der Waals surface area contributed by atoms with Crippen molar-refractivity contribution in [3.05, 3.63) is 0 Å². The predicted molar refractivity (Wildman–Crippen MR) is 102 cm³/mol. The van der Waals surface area contributed by atoms with Crippen LogP contribution in [0.1, 0.15) is 51.4 Å². The third-order valence-electron chi connectivity index (χ3n) is 6.68. The molecule has 6 nitrogen and oxygen atoms in total. The lowest BCUT2D eigenvalue weighted by molar-refractivity contribution is -0.119. The Balaban J connectivity index is 1.63. The van der Waals surface area contributed by atoms with E-state index in [1.165, 1.54) is 32.1 Å². The summed E-state index contributed by atoms with van der Waals surface area (Å²) in [6.07, 6.45) is 9.45. The smallest absolute Gasteiger partial charge is 0.220 e. The van der Waals surface area contributed by atoms with Crippen molar-refractivity contribution >= 4 is 11.9 Å². The van der Waals surface area contributed by atoms with Gasteiger partial charge < -0.3 is 20.4 Å². The van der Waals surface area contributed by atoms with Crippen LogP contribution in [0.2, 0.25) is 0 Å². The molecular weight excluding hydrogens is 314 g/mol. The molecule has 0 aromatic heterocycles. The maximum absolute atomic E-state index is 11.7. The molecule has 3 aliphatic rings. The van der Waals surface area contributed by atoms with Gasteiger partial charge in [-0.2, -0.15) is 0 Å². The van der Waals surface area contributed by atoms with E-state index in [9.17, 15) is 4.79 Å². The van der Waals surface area contributed by atoms with E-state index in [1.807, 2.05) is 7.05 Å². The number of piperidine rings is 1. The van der Waals surface area contributed by atoms with Gasteiger partial charge in [0.15, 0.2) is 5.96 Å². The number of hydrogen-bond acceptors (Lipinski definition) is 3. The Bertz CT molecular complexity index is 512. The van der Waals surface area contributed by atoms with Crippen LogP contribution in [-0.4, -0.2) is 74.5 Å². The van der Waals surface area contributed by atoms with Crippen molar-refractivity contribution in [1.82, 2.24) is 20.4 Å². The Morgan fingerprint density at radius 3 is 2.60 bits per heavy atom. The standard InChI is InChI=1S/C19H35N5O/c1-20-17(22-14-19(23(2)3)9-5-4-6-10-19)24-11-7-8-18(15-24)12-16(25)21-13-18/h4-15H2,1-3H3,(H,20,22)(H,21,25). The first-order valence-corrected chi connectivity index (χ1v) is 9.88. The Hall–Kier alpha value is -1.30. The fourth-order valence-corrected chi connectivity index (χ4v) is 5.00. The zero-order chi connectivity index (χ0) is 17.9. The van der Waals surface area contributed by atoms with Crippen LogP contribution < -0.4 is 10.6 Å². The zero-order valence-corrected chi connectivity index (χ0v) is 16.2. The third kappa shape index (κ3) is 3.94. The predicted octanol–water partition coefficient (Wildman–Crippen LogP) is 1.43.